The van der Waals surface area contributed by atoms with Crippen molar-refractivity contribution in [1.29, 1.82) is 0 Å². The number of rotatable bonds is 0. The van der Waals surface area contributed by atoms with Crippen LogP contribution in [-0.2, 0) is 9.59 Å². The summed E-state index contributed by atoms with van der Waals surface area (Å²) in [4.78, 5) is 28.3. The molecule has 0 aromatic carbocycles. The maximum absolute atomic E-state index is 11.9. The van der Waals surface area contributed by atoms with E-state index in [1.165, 1.54) is 0 Å². The summed E-state index contributed by atoms with van der Waals surface area (Å²) < 4.78 is 0. The van der Waals surface area contributed by atoms with Crippen LogP contribution < -0.4 is 10.6 Å². The maximum Gasteiger partial charge on any atom is 0.230 e. The molecule has 2 N–H and O–H groups in total. The first-order valence-electron chi connectivity index (χ1n) is 11.1. The van der Waals surface area contributed by atoms with Gasteiger partial charge in [-0.15, -0.1) is 0 Å². The lowest BCUT2D eigenvalue weighted by molar-refractivity contribution is -0.131. The molecule has 5 heteroatoms. The van der Waals surface area contributed by atoms with Gasteiger partial charge < -0.3 is 10.6 Å². The number of hydrogen-bond acceptors (Lipinski definition) is 3. The normalized spacial score (nSPS) is 27.7. The molecule has 172 valence electrons. The molecule has 0 aliphatic carbocycles. The molecular formula is C25H45N3O2. The summed E-state index contributed by atoms with van der Waals surface area (Å²) in [5.74, 6) is 0.568. The van der Waals surface area contributed by atoms with Gasteiger partial charge in [-0.2, -0.15) is 0 Å². The highest BCUT2D eigenvalue weighted by atomic mass is 16.2. The number of carbonyl (C=O) groups is 2. The van der Waals surface area contributed by atoms with Crippen LogP contribution in [0.4, 0.5) is 0 Å². The van der Waals surface area contributed by atoms with Crippen molar-refractivity contribution < 1.29 is 9.59 Å². The number of allylic oxidation sites excluding steroid dienone is 1. The quantitative estimate of drug-likeness (QED) is 0.568. The molecule has 2 amide bonds. The lowest BCUT2D eigenvalue weighted by Crippen LogP contribution is -2.51. The first kappa shape index (κ1) is 26.4. The van der Waals surface area contributed by atoms with Crippen LogP contribution in [0.15, 0.2) is 17.3 Å². The topological polar surface area (TPSA) is 70.6 Å². The molecule has 4 unspecified atom stereocenters. The van der Waals surface area contributed by atoms with E-state index in [-0.39, 0.29) is 51.4 Å². The minimum atomic E-state index is -0.0558. The van der Waals surface area contributed by atoms with Crippen molar-refractivity contribution in [2.24, 2.45) is 44.4 Å². The van der Waals surface area contributed by atoms with Crippen molar-refractivity contribution in [3.63, 3.8) is 0 Å². The molecule has 0 aromatic heterocycles. The zero-order valence-electron chi connectivity index (χ0n) is 21.3. The fourth-order valence-corrected chi connectivity index (χ4v) is 4.41. The van der Waals surface area contributed by atoms with Crippen molar-refractivity contribution in [3.8, 4) is 0 Å². The standard InChI is InChI=1S/C13H23NO.C12H22N2O/c1-12(2,3)9-7-8-14-11(15)10(9)13(4,5)6;1-11(2,3)8-9(12(4,5)6)13-7-14-10(8)15/h7-10H,1-6H3,(H,14,15);7-9H,1-6H3,(H,13,14,15). The van der Waals surface area contributed by atoms with Gasteiger partial charge in [0, 0.05) is 12.1 Å². The second-order valence-electron chi connectivity index (χ2n) is 13.0. The summed E-state index contributed by atoms with van der Waals surface area (Å²) in [5.41, 5.74) is 0.102. The minimum absolute atomic E-state index is 0.00674. The molecule has 0 saturated heterocycles. The van der Waals surface area contributed by atoms with Gasteiger partial charge in [-0.3, -0.25) is 14.6 Å². The molecular weight excluding hydrogens is 374 g/mol. The number of nitrogens with zero attached hydrogens (tertiary/aromatic N) is 1. The smallest absolute Gasteiger partial charge is 0.230 e. The lowest BCUT2D eigenvalue weighted by Gasteiger charge is -2.42. The fourth-order valence-electron chi connectivity index (χ4n) is 4.41. The second kappa shape index (κ2) is 8.84. The molecule has 0 aromatic rings. The first-order chi connectivity index (χ1) is 13.3. The summed E-state index contributed by atoms with van der Waals surface area (Å²) in [5, 5.41) is 5.53. The number of nitrogens with one attached hydrogen (secondary N) is 2. The monoisotopic (exact) mass is 419 g/mol. The summed E-state index contributed by atoms with van der Waals surface area (Å²) in [6.45, 7) is 25.7. The third-order valence-electron chi connectivity index (χ3n) is 5.96. The van der Waals surface area contributed by atoms with Crippen LogP contribution in [0, 0.1) is 39.4 Å². The maximum atomic E-state index is 11.9. The molecule has 2 aliphatic rings. The highest BCUT2D eigenvalue weighted by Crippen LogP contribution is 2.43. The van der Waals surface area contributed by atoms with Crippen molar-refractivity contribution in [3.05, 3.63) is 12.3 Å². The van der Waals surface area contributed by atoms with E-state index in [0.717, 1.165) is 0 Å². The fraction of sp³-hybridized carbons (Fsp3) is 0.800. The van der Waals surface area contributed by atoms with Gasteiger partial charge in [-0.05, 0) is 27.6 Å². The number of carbonyl (C=O) groups excluding carboxylic acids is 2. The SMILES string of the molecule is CC(C)(C)C1C=CNC(=O)C1C(C)(C)C.CC(C)(C)C1N=CNC(=O)C1C(C)(C)C. The zero-order chi connectivity index (χ0) is 23.7. The van der Waals surface area contributed by atoms with E-state index in [1.54, 1.807) is 12.5 Å². The van der Waals surface area contributed by atoms with Crippen LogP contribution in [0.25, 0.3) is 0 Å². The summed E-state index contributed by atoms with van der Waals surface area (Å²) in [6.07, 6.45) is 5.47. The third-order valence-corrected chi connectivity index (χ3v) is 5.96. The summed E-state index contributed by atoms with van der Waals surface area (Å²) in [6, 6.07) is 0.0613. The Hall–Kier alpha value is -1.65. The molecule has 2 heterocycles. The zero-order valence-corrected chi connectivity index (χ0v) is 21.3. The Morgan fingerprint density at radius 1 is 0.667 bits per heavy atom. The van der Waals surface area contributed by atoms with Gasteiger partial charge >= 0.3 is 0 Å². The van der Waals surface area contributed by atoms with Crippen molar-refractivity contribution in [2.45, 2.75) is 89.1 Å². The Morgan fingerprint density at radius 3 is 1.47 bits per heavy atom. The van der Waals surface area contributed by atoms with E-state index in [9.17, 15) is 9.59 Å². The molecule has 5 nitrogen and oxygen atoms in total. The molecule has 0 radical (unpaired) electrons. The highest BCUT2D eigenvalue weighted by Gasteiger charge is 2.45. The van der Waals surface area contributed by atoms with Gasteiger partial charge in [-0.25, -0.2) is 0 Å². The van der Waals surface area contributed by atoms with E-state index in [0.29, 0.717) is 5.92 Å². The number of amides is 2. The Balaban J connectivity index is 0.000000300. The van der Waals surface area contributed by atoms with E-state index in [4.69, 9.17) is 0 Å². The Bertz CT molecular complexity index is 619. The van der Waals surface area contributed by atoms with E-state index in [1.807, 2.05) is 0 Å². The van der Waals surface area contributed by atoms with Gasteiger partial charge in [0.1, 0.15) is 0 Å². The van der Waals surface area contributed by atoms with Crippen LogP contribution in [0.5, 0.6) is 0 Å². The van der Waals surface area contributed by atoms with Crippen molar-refractivity contribution in [1.82, 2.24) is 10.6 Å². The number of hydrogen-bond donors (Lipinski definition) is 2. The second-order valence-corrected chi connectivity index (χ2v) is 13.0. The van der Waals surface area contributed by atoms with Crippen LogP contribution in [0.1, 0.15) is 83.1 Å². The predicted molar refractivity (Wildman–Crippen MR) is 126 cm³/mol. The van der Waals surface area contributed by atoms with Gasteiger partial charge in [0.25, 0.3) is 0 Å². The Kier molecular flexibility index (Phi) is 7.77. The van der Waals surface area contributed by atoms with Crippen molar-refractivity contribution in [2.75, 3.05) is 0 Å². The molecule has 4 atom stereocenters. The third kappa shape index (κ3) is 6.68. The average Bonchev–Trinajstić information content (AvgIpc) is 2.51. The average molecular weight is 420 g/mol. The Morgan fingerprint density at radius 2 is 1.13 bits per heavy atom. The first-order valence-corrected chi connectivity index (χ1v) is 11.1. The van der Waals surface area contributed by atoms with E-state index < -0.39 is 0 Å². The van der Waals surface area contributed by atoms with Crippen LogP contribution in [-0.4, -0.2) is 24.2 Å². The van der Waals surface area contributed by atoms with Crippen LogP contribution >= 0.6 is 0 Å². The lowest BCUT2D eigenvalue weighted by atomic mass is 9.63. The van der Waals surface area contributed by atoms with Crippen LogP contribution in [0.2, 0.25) is 0 Å². The van der Waals surface area contributed by atoms with Gasteiger partial charge in [-0.1, -0.05) is 89.2 Å². The minimum Gasteiger partial charge on any atom is -0.333 e. The van der Waals surface area contributed by atoms with Gasteiger partial charge in [0.2, 0.25) is 11.8 Å². The molecule has 0 fully saturated rings. The number of aliphatic imine (C=N–C) groups is 1. The summed E-state index contributed by atoms with van der Waals surface area (Å²) >= 11 is 0. The molecule has 0 saturated carbocycles. The Labute approximate surface area is 184 Å². The largest absolute Gasteiger partial charge is 0.333 e. The molecule has 0 spiro atoms. The van der Waals surface area contributed by atoms with Gasteiger partial charge in [0.05, 0.1) is 18.3 Å². The summed E-state index contributed by atoms with van der Waals surface area (Å²) in [7, 11) is 0. The molecule has 0 bridgehead atoms. The van der Waals surface area contributed by atoms with E-state index in [2.05, 4.69) is 105 Å². The van der Waals surface area contributed by atoms with Crippen molar-refractivity contribution >= 4 is 18.2 Å². The highest BCUT2D eigenvalue weighted by molar-refractivity contribution is 5.92. The van der Waals surface area contributed by atoms with E-state index >= 15 is 0 Å². The molecule has 2 aliphatic heterocycles. The van der Waals surface area contributed by atoms with Crippen LogP contribution in [0.3, 0.4) is 0 Å². The predicted octanol–water partition coefficient (Wildman–Crippen LogP) is 5.18. The molecule has 30 heavy (non-hydrogen) atoms. The molecule has 2 rings (SSSR count). The van der Waals surface area contributed by atoms with Gasteiger partial charge in [0.15, 0.2) is 0 Å².